The molecule has 0 saturated carbocycles. The van der Waals surface area contributed by atoms with Gasteiger partial charge in [-0.2, -0.15) is 0 Å². The van der Waals surface area contributed by atoms with Gasteiger partial charge < -0.3 is 15.2 Å². The predicted octanol–water partition coefficient (Wildman–Crippen LogP) is 2.92. The highest BCUT2D eigenvalue weighted by molar-refractivity contribution is 5.54. The van der Waals surface area contributed by atoms with Crippen molar-refractivity contribution in [3.05, 3.63) is 53.6 Å². The molecule has 3 nitrogen and oxygen atoms in total. The molecule has 19 heavy (non-hydrogen) atoms. The quantitative estimate of drug-likeness (QED) is 0.806. The Morgan fingerprint density at radius 1 is 1.26 bits per heavy atom. The summed E-state index contributed by atoms with van der Waals surface area (Å²) in [5, 5.41) is 12.8. The lowest BCUT2D eigenvalue weighted by Crippen LogP contribution is -2.11. The van der Waals surface area contributed by atoms with E-state index >= 15 is 0 Å². The van der Waals surface area contributed by atoms with Crippen LogP contribution in [-0.2, 0) is 0 Å². The van der Waals surface area contributed by atoms with Gasteiger partial charge in [0.1, 0.15) is 18.1 Å². The van der Waals surface area contributed by atoms with Crippen LogP contribution in [0.5, 0.6) is 11.5 Å². The van der Waals surface area contributed by atoms with Crippen LogP contribution in [-0.4, -0.2) is 11.7 Å². The molecule has 0 spiro atoms. The number of phenolic OH excluding ortho intramolecular Hbond substituents is 1. The molecule has 0 saturated heterocycles. The molecular formula is C16H13NO2. The summed E-state index contributed by atoms with van der Waals surface area (Å²) in [5.41, 5.74) is 2.85. The number of nitrogens with one attached hydrogen (secondary N) is 1. The largest absolute Gasteiger partial charge is 0.508 e. The number of anilines is 1. The van der Waals surface area contributed by atoms with Gasteiger partial charge in [-0.1, -0.05) is 12.0 Å². The van der Waals surface area contributed by atoms with Crippen LogP contribution in [0.2, 0.25) is 0 Å². The van der Waals surface area contributed by atoms with Gasteiger partial charge in [0.25, 0.3) is 0 Å². The summed E-state index contributed by atoms with van der Waals surface area (Å²) in [5.74, 6) is 3.56. The van der Waals surface area contributed by atoms with Crippen molar-refractivity contribution in [3.63, 3.8) is 0 Å². The number of fused-ring (bicyclic) bond motifs is 1. The van der Waals surface area contributed by atoms with E-state index in [0.717, 1.165) is 22.6 Å². The lowest BCUT2D eigenvalue weighted by Gasteiger charge is -2.13. The van der Waals surface area contributed by atoms with E-state index in [2.05, 4.69) is 11.2 Å². The third-order valence-electron chi connectivity index (χ3n) is 3.15. The topological polar surface area (TPSA) is 41.5 Å². The van der Waals surface area contributed by atoms with E-state index in [0.29, 0.717) is 6.61 Å². The monoisotopic (exact) mass is 251 g/mol. The van der Waals surface area contributed by atoms with E-state index in [1.807, 2.05) is 30.3 Å². The molecule has 2 aromatic carbocycles. The van der Waals surface area contributed by atoms with Gasteiger partial charge in [-0.25, -0.2) is 0 Å². The van der Waals surface area contributed by atoms with Gasteiger partial charge in [-0.3, -0.25) is 0 Å². The van der Waals surface area contributed by atoms with Crippen LogP contribution < -0.4 is 10.1 Å². The SMILES string of the molecule is C#Cc1cccc(NC2COc3cc(O)ccc32)c1. The van der Waals surface area contributed by atoms with E-state index in [9.17, 15) is 5.11 Å². The first kappa shape index (κ1) is 11.5. The van der Waals surface area contributed by atoms with Crippen LogP contribution >= 0.6 is 0 Å². The number of terminal acetylenes is 1. The summed E-state index contributed by atoms with van der Waals surface area (Å²) < 4.78 is 5.56. The van der Waals surface area contributed by atoms with Crippen molar-refractivity contribution in [3.8, 4) is 23.8 Å². The van der Waals surface area contributed by atoms with Crippen LogP contribution in [0.25, 0.3) is 0 Å². The van der Waals surface area contributed by atoms with Gasteiger partial charge in [0.2, 0.25) is 0 Å². The van der Waals surface area contributed by atoms with Crippen molar-refractivity contribution in [2.75, 3.05) is 11.9 Å². The van der Waals surface area contributed by atoms with Crippen LogP contribution in [0.1, 0.15) is 17.2 Å². The summed E-state index contributed by atoms with van der Waals surface area (Å²) in [6.07, 6.45) is 5.39. The second-order valence-electron chi connectivity index (χ2n) is 4.46. The smallest absolute Gasteiger partial charge is 0.128 e. The Hall–Kier alpha value is -2.60. The number of rotatable bonds is 2. The minimum atomic E-state index is 0.0728. The van der Waals surface area contributed by atoms with Crippen LogP contribution in [0.15, 0.2) is 42.5 Å². The van der Waals surface area contributed by atoms with E-state index < -0.39 is 0 Å². The fourth-order valence-electron chi connectivity index (χ4n) is 2.22. The van der Waals surface area contributed by atoms with E-state index in [-0.39, 0.29) is 11.8 Å². The standard InChI is InChI=1S/C16H13NO2/c1-2-11-4-3-5-12(8-11)17-15-10-19-16-9-13(18)6-7-14(15)16/h1,3-9,15,17-18H,10H2. The molecule has 1 aliphatic rings. The normalized spacial score (nSPS) is 16.3. The molecule has 0 fully saturated rings. The maximum Gasteiger partial charge on any atom is 0.128 e. The fourth-order valence-corrected chi connectivity index (χ4v) is 2.22. The summed E-state index contributed by atoms with van der Waals surface area (Å²) in [6.45, 7) is 0.541. The van der Waals surface area contributed by atoms with Gasteiger partial charge in [0.15, 0.2) is 0 Å². The van der Waals surface area contributed by atoms with Crippen molar-refractivity contribution < 1.29 is 9.84 Å². The van der Waals surface area contributed by atoms with Crippen molar-refractivity contribution in [1.82, 2.24) is 0 Å². The molecule has 3 rings (SSSR count). The van der Waals surface area contributed by atoms with Crippen molar-refractivity contribution in [2.45, 2.75) is 6.04 Å². The molecule has 3 heteroatoms. The number of aromatic hydroxyl groups is 1. The summed E-state index contributed by atoms with van der Waals surface area (Å²) in [7, 11) is 0. The third kappa shape index (κ3) is 2.21. The highest BCUT2D eigenvalue weighted by atomic mass is 16.5. The molecule has 2 aromatic rings. The maximum atomic E-state index is 9.42. The maximum absolute atomic E-state index is 9.42. The minimum absolute atomic E-state index is 0.0728. The summed E-state index contributed by atoms with van der Waals surface area (Å²) in [6, 6.07) is 13.0. The highest BCUT2D eigenvalue weighted by Gasteiger charge is 2.24. The zero-order chi connectivity index (χ0) is 13.2. The van der Waals surface area contributed by atoms with Crippen LogP contribution in [0, 0.1) is 12.3 Å². The van der Waals surface area contributed by atoms with E-state index in [1.54, 1.807) is 12.1 Å². The van der Waals surface area contributed by atoms with E-state index in [4.69, 9.17) is 11.2 Å². The number of phenols is 1. The summed E-state index contributed by atoms with van der Waals surface area (Å²) >= 11 is 0. The molecule has 1 unspecified atom stereocenters. The van der Waals surface area contributed by atoms with Gasteiger partial charge >= 0.3 is 0 Å². The van der Waals surface area contributed by atoms with Gasteiger partial charge in [0.05, 0.1) is 6.04 Å². The molecule has 1 heterocycles. The first-order valence-corrected chi connectivity index (χ1v) is 6.05. The lowest BCUT2D eigenvalue weighted by molar-refractivity contribution is 0.338. The molecular weight excluding hydrogens is 238 g/mol. The minimum Gasteiger partial charge on any atom is -0.508 e. The molecule has 0 bridgehead atoms. The number of ether oxygens (including phenoxy) is 1. The lowest BCUT2D eigenvalue weighted by atomic mass is 10.1. The average Bonchev–Trinajstić information content (AvgIpc) is 2.81. The molecule has 0 aromatic heterocycles. The number of hydrogen-bond donors (Lipinski definition) is 2. The zero-order valence-corrected chi connectivity index (χ0v) is 10.3. The number of benzene rings is 2. The zero-order valence-electron chi connectivity index (χ0n) is 10.3. The molecule has 0 amide bonds. The molecule has 0 radical (unpaired) electrons. The van der Waals surface area contributed by atoms with Crippen molar-refractivity contribution in [1.29, 1.82) is 0 Å². The van der Waals surface area contributed by atoms with Gasteiger partial charge in [-0.15, -0.1) is 6.42 Å². The molecule has 0 aliphatic carbocycles. The number of hydrogen-bond acceptors (Lipinski definition) is 3. The Labute approximate surface area is 111 Å². The highest BCUT2D eigenvalue weighted by Crippen LogP contribution is 2.36. The Bertz CT molecular complexity index is 658. The van der Waals surface area contributed by atoms with Gasteiger partial charge in [0, 0.05) is 22.9 Å². The Balaban J connectivity index is 1.85. The Morgan fingerprint density at radius 3 is 3.00 bits per heavy atom. The van der Waals surface area contributed by atoms with Crippen LogP contribution in [0.4, 0.5) is 5.69 Å². The Kier molecular flexibility index (Phi) is 2.77. The molecule has 2 N–H and O–H groups in total. The van der Waals surface area contributed by atoms with Gasteiger partial charge in [-0.05, 0) is 30.3 Å². The third-order valence-corrected chi connectivity index (χ3v) is 3.15. The fraction of sp³-hybridized carbons (Fsp3) is 0.125. The second kappa shape index (κ2) is 4.58. The molecule has 94 valence electrons. The van der Waals surface area contributed by atoms with Crippen LogP contribution in [0.3, 0.4) is 0 Å². The van der Waals surface area contributed by atoms with E-state index in [1.165, 1.54) is 0 Å². The average molecular weight is 251 g/mol. The summed E-state index contributed by atoms with van der Waals surface area (Å²) in [4.78, 5) is 0. The Morgan fingerprint density at radius 2 is 2.16 bits per heavy atom. The van der Waals surface area contributed by atoms with Crippen molar-refractivity contribution >= 4 is 5.69 Å². The molecule has 1 atom stereocenters. The second-order valence-corrected chi connectivity index (χ2v) is 4.46. The predicted molar refractivity (Wildman–Crippen MR) is 74.3 cm³/mol. The first-order chi connectivity index (χ1) is 9.26. The first-order valence-electron chi connectivity index (χ1n) is 6.05. The molecule has 1 aliphatic heterocycles. The van der Waals surface area contributed by atoms with Crippen molar-refractivity contribution in [2.24, 2.45) is 0 Å².